The molecule has 0 heterocycles. The number of hydrogen-bond donors (Lipinski definition) is 3. The molecular formula is C12H26N2O4S. The van der Waals surface area contributed by atoms with Crippen molar-refractivity contribution < 1.29 is 18.3 Å². The molecule has 3 N–H and O–H groups in total. The van der Waals surface area contributed by atoms with Crippen LogP contribution in [0.25, 0.3) is 0 Å². The number of rotatable bonds is 8. The number of carboxylic acid groups (broad SMARTS) is 1. The summed E-state index contributed by atoms with van der Waals surface area (Å²) in [5.41, 5.74) is -0.152. The van der Waals surface area contributed by atoms with Crippen molar-refractivity contribution in [3.63, 3.8) is 0 Å². The lowest BCUT2D eigenvalue weighted by molar-refractivity contribution is -0.137. The van der Waals surface area contributed by atoms with E-state index in [1.807, 2.05) is 34.6 Å². The summed E-state index contributed by atoms with van der Waals surface area (Å²) in [5.74, 6) is -0.821. The maximum atomic E-state index is 11.8. The third-order valence-corrected chi connectivity index (χ3v) is 3.47. The van der Waals surface area contributed by atoms with E-state index < -0.39 is 22.2 Å². The first-order chi connectivity index (χ1) is 8.41. The molecule has 114 valence electrons. The smallest absolute Gasteiger partial charge is 0.304 e. The molecule has 1 unspecified atom stereocenters. The van der Waals surface area contributed by atoms with Crippen molar-refractivity contribution in [2.75, 3.05) is 6.54 Å². The lowest BCUT2D eigenvalue weighted by atomic mass is 9.87. The fourth-order valence-electron chi connectivity index (χ4n) is 1.64. The fraction of sp³-hybridized carbons (Fsp3) is 0.917. The molecule has 0 saturated heterocycles. The Kier molecular flexibility index (Phi) is 6.96. The lowest BCUT2D eigenvalue weighted by Crippen LogP contribution is -2.45. The molecule has 0 saturated carbocycles. The molecular weight excluding hydrogens is 268 g/mol. The van der Waals surface area contributed by atoms with E-state index in [1.54, 1.807) is 0 Å². The molecule has 7 heteroatoms. The zero-order valence-electron chi connectivity index (χ0n) is 12.4. The highest BCUT2D eigenvalue weighted by atomic mass is 32.2. The Morgan fingerprint density at radius 2 is 1.79 bits per heavy atom. The highest BCUT2D eigenvalue weighted by molar-refractivity contribution is 7.87. The van der Waals surface area contributed by atoms with E-state index in [9.17, 15) is 13.2 Å². The summed E-state index contributed by atoms with van der Waals surface area (Å²) < 4.78 is 28.4. The van der Waals surface area contributed by atoms with Gasteiger partial charge in [0.05, 0.1) is 6.42 Å². The molecule has 0 amide bonds. The maximum absolute atomic E-state index is 11.8. The first-order valence-electron chi connectivity index (χ1n) is 6.40. The summed E-state index contributed by atoms with van der Waals surface area (Å²) in [6.07, 6.45) is 0.238. The number of aliphatic carboxylic acids is 1. The molecule has 0 aromatic heterocycles. The third kappa shape index (κ3) is 10.9. The van der Waals surface area contributed by atoms with Crippen molar-refractivity contribution >= 4 is 16.2 Å². The van der Waals surface area contributed by atoms with Crippen LogP contribution in [0.4, 0.5) is 0 Å². The highest BCUT2D eigenvalue weighted by Gasteiger charge is 2.25. The largest absolute Gasteiger partial charge is 0.481 e. The van der Waals surface area contributed by atoms with E-state index in [4.69, 9.17) is 5.11 Å². The molecule has 0 spiro atoms. The molecule has 0 fully saturated rings. The molecule has 6 nitrogen and oxygen atoms in total. The van der Waals surface area contributed by atoms with Crippen molar-refractivity contribution in [3.8, 4) is 0 Å². The van der Waals surface area contributed by atoms with Crippen LogP contribution in [-0.4, -0.2) is 32.1 Å². The molecule has 0 aromatic rings. The summed E-state index contributed by atoms with van der Waals surface area (Å²) in [5, 5.41) is 8.84. The van der Waals surface area contributed by atoms with Crippen LogP contribution in [0.15, 0.2) is 0 Å². The standard InChI is InChI=1S/C12H26N2O4S/c1-9(2)8-13-19(17,18)14-10(6-11(15)16)7-12(3,4)5/h9-10,13-14H,6-8H2,1-5H3,(H,15,16). The fourth-order valence-corrected chi connectivity index (χ4v) is 2.88. The number of hydrogen-bond acceptors (Lipinski definition) is 3. The van der Waals surface area contributed by atoms with Gasteiger partial charge in [0.1, 0.15) is 0 Å². The van der Waals surface area contributed by atoms with Gasteiger partial charge in [-0.1, -0.05) is 34.6 Å². The van der Waals surface area contributed by atoms with Crippen molar-refractivity contribution in [3.05, 3.63) is 0 Å². The van der Waals surface area contributed by atoms with Crippen LogP contribution in [0.1, 0.15) is 47.5 Å². The predicted molar refractivity (Wildman–Crippen MR) is 75.0 cm³/mol. The Balaban J connectivity index is 4.66. The molecule has 0 aromatic carbocycles. The second-order valence-electron chi connectivity index (χ2n) is 6.42. The van der Waals surface area contributed by atoms with Gasteiger partial charge in [-0.2, -0.15) is 13.1 Å². The Bertz CT molecular complexity index is 385. The average molecular weight is 294 g/mol. The van der Waals surface area contributed by atoms with Gasteiger partial charge in [-0.15, -0.1) is 0 Å². The lowest BCUT2D eigenvalue weighted by Gasteiger charge is -2.25. The van der Waals surface area contributed by atoms with Gasteiger partial charge in [-0.05, 0) is 17.8 Å². The van der Waals surface area contributed by atoms with E-state index in [1.165, 1.54) is 0 Å². The second-order valence-corrected chi connectivity index (χ2v) is 7.95. The van der Waals surface area contributed by atoms with Gasteiger partial charge >= 0.3 is 5.97 Å². The van der Waals surface area contributed by atoms with Crippen molar-refractivity contribution in [2.45, 2.75) is 53.5 Å². The summed E-state index contributed by atoms with van der Waals surface area (Å²) in [4.78, 5) is 10.8. The predicted octanol–water partition coefficient (Wildman–Crippen LogP) is 1.35. The van der Waals surface area contributed by atoms with Gasteiger partial charge in [-0.25, -0.2) is 4.72 Å². The quantitative estimate of drug-likeness (QED) is 0.629. The van der Waals surface area contributed by atoms with Crippen molar-refractivity contribution in [1.29, 1.82) is 0 Å². The van der Waals surface area contributed by atoms with Crippen LogP contribution in [0.3, 0.4) is 0 Å². The van der Waals surface area contributed by atoms with E-state index in [0.29, 0.717) is 13.0 Å². The molecule has 1 atom stereocenters. The van der Waals surface area contributed by atoms with Crippen LogP contribution in [0.5, 0.6) is 0 Å². The Hall–Kier alpha value is -0.660. The molecule has 0 radical (unpaired) electrons. The molecule has 0 aliphatic heterocycles. The Morgan fingerprint density at radius 1 is 1.26 bits per heavy atom. The van der Waals surface area contributed by atoms with Crippen LogP contribution in [0.2, 0.25) is 0 Å². The summed E-state index contributed by atoms with van der Waals surface area (Å²) in [7, 11) is -3.66. The van der Waals surface area contributed by atoms with Crippen LogP contribution < -0.4 is 9.44 Å². The van der Waals surface area contributed by atoms with Crippen LogP contribution >= 0.6 is 0 Å². The first-order valence-corrected chi connectivity index (χ1v) is 7.88. The van der Waals surface area contributed by atoms with Crippen LogP contribution in [0, 0.1) is 11.3 Å². The number of carboxylic acids is 1. The Morgan fingerprint density at radius 3 is 2.16 bits per heavy atom. The SMILES string of the molecule is CC(C)CNS(=O)(=O)NC(CC(=O)O)CC(C)(C)C. The summed E-state index contributed by atoms with van der Waals surface area (Å²) >= 11 is 0. The third-order valence-electron chi connectivity index (χ3n) is 2.28. The van der Waals surface area contributed by atoms with E-state index in [-0.39, 0.29) is 17.8 Å². The van der Waals surface area contributed by atoms with Gasteiger partial charge < -0.3 is 5.11 Å². The maximum Gasteiger partial charge on any atom is 0.304 e. The minimum Gasteiger partial charge on any atom is -0.481 e. The van der Waals surface area contributed by atoms with Crippen molar-refractivity contribution in [2.24, 2.45) is 11.3 Å². The van der Waals surface area contributed by atoms with E-state index in [2.05, 4.69) is 9.44 Å². The molecule has 19 heavy (non-hydrogen) atoms. The number of nitrogens with one attached hydrogen (secondary N) is 2. The molecule has 0 aliphatic carbocycles. The Labute approximate surface area is 116 Å². The first kappa shape index (κ1) is 18.3. The van der Waals surface area contributed by atoms with Gasteiger partial charge in [0.25, 0.3) is 10.2 Å². The summed E-state index contributed by atoms with van der Waals surface area (Å²) in [6, 6.07) is -0.609. The normalized spacial score (nSPS) is 14.6. The van der Waals surface area contributed by atoms with Gasteiger partial charge in [-0.3, -0.25) is 4.79 Å². The van der Waals surface area contributed by atoms with Crippen LogP contribution in [-0.2, 0) is 15.0 Å². The summed E-state index contributed by atoms with van der Waals surface area (Å²) in [6.45, 7) is 9.94. The van der Waals surface area contributed by atoms with Crippen molar-refractivity contribution in [1.82, 2.24) is 9.44 Å². The average Bonchev–Trinajstić information content (AvgIpc) is 2.09. The van der Waals surface area contributed by atoms with Gasteiger partial charge in [0.2, 0.25) is 0 Å². The minimum absolute atomic E-state index is 0.152. The topological polar surface area (TPSA) is 95.5 Å². The van der Waals surface area contributed by atoms with E-state index >= 15 is 0 Å². The number of carbonyl (C=O) groups is 1. The monoisotopic (exact) mass is 294 g/mol. The molecule has 0 aliphatic rings. The zero-order valence-corrected chi connectivity index (χ0v) is 13.2. The second kappa shape index (κ2) is 7.21. The van der Waals surface area contributed by atoms with Gasteiger partial charge in [0.15, 0.2) is 0 Å². The molecule has 0 rings (SSSR count). The highest BCUT2D eigenvalue weighted by Crippen LogP contribution is 2.22. The molecule has 0 bridgehead atoms. The minimum atomic E-state index is -3.66. The van der Waals surface area contributed by atoms with Gasteiger partial charge in [0, 0.05) is 12.6 Å². The van der Waals surface area contributed by atoms with E-state index in [0.717, 1.165) is 0 Å². The zero-order chi connectivity index (χ0) is 15.3.